The summed E-state index contributed by atoms with van der Waals surface area (Å²) < 4.78 is 4.78. The van der Waals surface area contributed by atoms with Crippen molar-refractivity contribution >= 4 is 17.7 Å². The molecular formula is C11H12N4O4. The smallest absolute Gasteiger partial charge is 0.325 e. The molecule has 0 saturated heterocycles. The van der Waals surface area contributed by atoms with Crippen molar-refractivity contribution in [1.29, 1.82) is 5.26 Å². The van der Waals surface area contributed by atoms with Crippen LogP contribution in [0.4, 0.5) is 5.82 Å². The van der Waals surface area contributed by atoms with Crippen molar-refractivity contribution in [2.45, 2.75) is 19.9 Å². The highest BCUT2D eigenvalue weighted by Crippen LogP contribution is 2.07. The van der Waals surface area contributed by atoms with Gasteiger partial charge in [-0.1, -0.05) is 5.16 Å². The van der Waals surface area contributed by atoms with Crippen LogP contribution in [0.15, 0.2) is 22.4 Å². The molecule has 0 aromatic carbocycles. The van der Waals surface area contributed by atoms with Gasteiger partial charge in [0.25, 0.3) is 5.91 Å². The van der Waals surface area contributed by atoms with Gasteiger partial charge in [-0.3, -0.25) is 9.59 Å². The van der Waals surface area contributed by atoms with Crippen LogP contribution in [-0.2, 0) is 9.59 Å². The topological polar surface area (TPSA) is 128 Å². The molecule has 1 rings (SSSR count). The zero-order chi connectivity index (χ0) is 14.4. The Hall–Kier alpha value is -2.82. The molecule has 0 fully saturated rings. The highest BCUT2D eigenvalue weighted by molar-refractivity contribution is 5.99. The Balaban J connectivity index is 2.69. The van der Waals surface area contributed by atoms with E-state index in [9.17, 15) is 9.59 Å². The van der Waals surface area contributed by atoms with Gasteiger partial charge >= 0.3 is 5.97 Å². The molecule has 1 unspecified atom stereocenters. The molecular weight excluding hydrogens is 252 g/mol. The van der Waals surface area contributed by atoms with Crippen LogP contribution in [0.2, 0.25) is 0 Å². The van der Waals surface area contributed by atoms with Gasteiger partial charge in [0, 0.05) is 12.3 Å². The first-order valence-electron chi connectivity index (χ1n) is 5.28. The number of carboxylic acids is 1. The minimum Gasteiger partial charge on any atom is -0.480 e. The van der Waals surface area contributed by atoms with Crippen molar-refractivity contribution < 1.29 is 19.2 Å². The van der Waals surface area contributed by atoms with E-state index in [4.69, 9.17) is 14.9 Å². The average Bonchev–Trinajstić information content (AvgIpc) is 2.75. The van der Waals surface area contributed by atoms with E-state index in [0.717, 1.165) is 6.20 Å². The molecule has 0 bridgehead atoms. The van der Waals surface area contributed by atoms with Crippen LogP contribution >= 0.6 is 0 Å². The van der Waals surface area contributed by atoms with E-state index in [-0.39, 0.29) is 5.57 Å². The van der Waals surface area contributed by atoms with E-state index in [1.165, 1.54) is 6.92 Å². The molecule has 0 aliphatic rings. The van der Waals surface area contributed by atoms with Gasteiger partial charge in [0.1, 0.15) is 23.4 Å². The monoisotopic (exact) mass is 264 g/mol. The summed E-state index contributed by atoms with van der Waals surface area (Å²) in [5.74, 6) is -1.07. The molecule has 1 amide bonds. The summed E-state index contributed by atoms with van der Waals surface area (Å²) in [4.78, 5) is 22.1. The first kappa shape index (κ1) is 14.2. The van der Waals surface area contributed by atoms with Crippen LogP contribution in [0.3, 0.4) is 0 Å². The summed E-state index contributed by atoms with van der Waals surface area (Å²) in [6.07, 6.45) is 1.13. The number of carbonyl (C=O) groups is 2. The van der Waals surface area contributed by atoms with Gasteiger partial charge in [-0.25, -0.2) is 0 Å². The number of nitrogens with zero attached hydrogens (tertiary/aromatic N) is 2. The molecule has 3 N–H and O–H groups in total. The van der Waals surface area contributed by atoms with Gasteiger partial charge in [0.15, 0.2) is 5.82 Å². The molecule has 0 aliphatic carbocycles. The molecule has 1 heterocycles. The van der Waals surface area contributed by atoms with Crippen LogP contribution in [0, 0.1) is 18.3 Å². The Morgan fingerprint density at radius 3 is 2.79 bits per heavy atom. The lowest BCUT2D eigenvalue weighted by Crippen LogP contribution is -2.39. The molecule has 0 radical (unpaired) electrons. The Labute approximate surface area is 108 Å². The quantitative estimate of drug-likeness (QED) is 0.518. The van der Waals surface area contributed by atoms with Crippen LogP contribution in [0.5, 0.6) is 0 Å². The van der Waals surface area contributed by atoms with E-state index in [0.29, 0.717) is 11.6 Å². The fourth-order valence-corrected chi connectivity index (χ4v) is 1.07. The molecule has 8 heteroatoms. The Morgan fingerprint density at radius 1 is 1.63 bits per heavy atom. The summed E-state index contributed by atoms with van der Waals surface area (Å²) in [6.45, 7) is 2.98. The number of aryl methyl sites for hydroxylation is 1. The second-order valence-electron chi connectivity index (χ2n) is 3.67. The van der Waals surface area contributed by atoms with E-state index >= 15 is 0 Å². The summed E-state index contributed by atoms with van der Waals surface area (Å²) in [7, 11) is 0. The standard InChI is InChI=1S/C11H12N4O4/c1-6-3-9(15-19-6)13-5-8(4-12)10(16)14-7(2)11(17)18/h3,5,7H,1-2H3,(H,13,15)(H,14,16)(H,17,18)/b8-5-. The summed E-state index contributed by atoms with van der Waals surface area (Å²) >= 11 is 0. The molecule has 1 atom stereocenters. The number of aliphatic carboxylic acids is 1. The van der Waals surface area contributed by atoms with Gasteiger partial charge in [-0.15, -0.1) is 0 Å². The van der Waals surface area contributed by atoms with Gasteiger partial charge in [-0.2, -0.15) is 5.26 Å². The number of aromatic nitrogens is 1. The number of nitrogens with one attached hydrogen (secondary N) is 2. The maximum Gasteiger partial charge on any atom is 0.325 e. The largest absolute Gasteiger partial charge is 0.480 e. The summed E-state index contributed by atoms with van der Waals surface area (Å²) in [5.41, 5.74) is -0.270. The minimum absolute atomic E-state index is 0.270. The third-order valence-corrected chi connectivity index (χ3v) is 2.08. The minimum atomic E-state index is -1.19. The predicted octanol–water partition coefficient (Wildman–Crippen LogP) is 0.392. The van der Waals surface area contributed by atoms with Crippen LogP contribution in [0.25, 0.3) is 0 Å². The average molecular weight is 264 g/mol. The van der Waals surface area contributed by atoms with Gasteiger partial charge < -0.3 is 20.3 Å². The summed E-state index contributed by atoms with van der Waals surface area (Å²) in [5, 5.41) is 25.8. The lowest BCUT2D eigenvalue weighted by Gasteiger charge is -2.07. The van der Waals surface area contributed by atoms with Crippen molar-refractivity contribution in [2.24, 2.45) is 0 Å². The van der Waals surface area contributed by atoms with Crippen molar-refractivity contribution in [3.8, 4) is 6.07 Å². The van der Waals surface area contributed by atoms with Gasteiger partial charge in [0.05, 0.1) is 0 Å². The van der Waals surface area contributed by atoms with E-state index < -0.39 is 17.9 Å². The number of carbonyl (C=O) groups excluding carboxylic acids is 1. The van der Waals surface area contributed by atoms with Gasteiger partial charge in [-0.05, 0) is 13.8 Å². The lowest BCUT2D eigenvalue weighted by atomic mass is 10.2. The number of hydrogen-bond donors (Lipinski definition) is 3. The zero-order valence-corrected chi connectivity index (χ0v) is 10.3. The predicted molar refractivity (Wildman–Crippen MR) is 63.8 cm³/mol. The third-order valence-electron chi connectivity index (χ3n) is 2.08. The molecule has 1 aromatic heterocycles. The fraction of sp³-hybridized carbons (Fsp3) is 0.273. The number of anilines is 1. The molecule has 1 aromatic rings. The first-order chi connectivity index (χ1) is 8.93. The highest BCUT2D eigenvalue weighted by Gasteiger charge is 2.17. The molecule has 19 heavy (non-hydrogen) atoms. The van der Waals surface area contributed by atoms with E-state index in [1.807, 2.05) is 0 Å². The lowest BCUT2D eigenvalue weighted by molar-refractivity contribution is -0.140. The SMILES string of the molecule is Cc1cc(N/C=C(/C#N)C(=O)NC(C)C(=O)O)no1. The number of rotatable bonds is 5. The van der Waals surface area contributed by atoms with E-state index in [1.54, 1.807) is 19.1 Å². The maximum absolute atomic E-state index is 11.6. The highest BCUT2D eigenvalue weighted by atomic mass is 16.5. The molecule has 0 aliphatic heterocycles. The van der Waals surface area contributed by atoms with Crippen molar-refractivity contribution in [3.63, 3.8) is 0 Å². The van der Waals surface area contributed by atoms with Crippen LogP contribution in [-0.4, -0.2) is 28.2 Å². The molecule has 0 spiro atoms. The summed E-state index contributed by atoms with van der Waals surface area (Å²) in [6, 6.07) is 2.15. The van der Waals surface area contributed by atoms with Crippen LogP contribution in [0.1, 0.15) is 12.7 Å². The number of amides is 1. The van der Waals surface area contributed by atoms with E-state index in [2.05, 4.69) is 15.8 Å². The Bertz CT molecular complexity index is 555. The Morgan fingerprint density at radius 2 is 2.32 bits per heavy atom. The molecule has 100 valence electrons. The Kier molecular flexibility index (Phi) is 4.65. The second-order valence-corrected chi connectivity index (χ2v) is 3.67. The first-order valence-corrected chi connectivity index (χ1v) is 5.28. The zero-order valence-electron chi connectivity index (χ0n) is 10.3. The fourth-order valence-electron chi connectivity index (χ4n) is 1.07. The molecule has 0 saturated carbocycles. The van der Waals surface area contributed by atoms with Crippen molar-refractivity contribution in [3.05, 3.63) is 23.6 Å². The number of carboxylic acid groups (broad SMARTS) is 1. The second kappa shape index (κ2) is 6.20. The number of nitriles is 1. The van der Waals surface area contributed by atoms with Crippen molar-refractivity contribution in [2.75, 3.05) is 5.32 Å². The molecule has 8 nitrogen and oxygen atoms in total. The van der Waals surface area contributed by atoms with Gasteiger partial charge in [0.2, 0.25) is 0 Å². The third kappa shape index (κ3) is 4.16. The van der Waals surface area contributed by atoms with Crippen molar-refractivity contribution in [1.82, 2.24) is 10.5 Å². The van der Waals surface area contributed by atoms with Crippen LogP contribution < -0.4 is 10.6 Å². The normalized spacial score (nSPS) is 12.4. The maximum atomic E-state index is 11.6. The number of hydrogen-bond acceptors (Lipinski definition) is 6.